The molecule has 0 atom stereocenters. The summed E-state index contributed by atoms with van der Waals surface area (Å²) >= 11 is 0. The van der Waals surface area contributed by atoms with Crippen molar-refractivity contribution < 1.29 is 13.6 Å². The van der Waals surface area contributed by atoms with Gasteiger partial charge in [-0.15, -0.1) is 0 Å². The second-order valence-electron chi connectivity index (χ2n) is 7.75. The van der Waals surface area contributed by atoms with Crippen LogP contribution < -0.4 is 10.6 Å². The van der Waals surface area contributed by atoms with Gasteiger partial charge in [0.05, 0.1) is 22.9 Å². The number of hydrogen-bond acceptors (Lipinski definition) is 5. The van der Waals surface area contributed by atoms with Crippen LogP contribution in [0.25, 0.3) is 11.3 Å². The van der Waals surface area contributed by atoms with Crippen LogP contribution in [-0.2, 0) is 13.0 Å². The quantitative estimate of drug-likeness (QED) is 0.384. The summed E-state index contributed by atoms with van der Waals surface area (Å²) in [5.41, 5.74) is 2.84. The minimum absolute atomic E-state index is 0.262. The average molecular weight is 469 g/mol. The molecule has 0 bridgehead atoms. The molecular weight excluding hydrogens is 448 g/mol. The van der Waals surface area contributed by atoms with E-state index in [1.807, 2.05) is 18.2 Å². The highest BCUT2D eigenvalue weighted by Gasteiger charge is 2.16. The molecule has 174 valence electrons. The fourth-order valence-electron chi connectivity index (χ4n) is 3.55. The minimum atomic E-state index is -0.500. The fraction of sp³-hybridized carbons (Fsp3) is 0.111. The highest BCUT2D eigenvalue weighted by Crippen LogP contribution is 2.26. The number of halogens is 2. The van der Waals surface area contributed by atoms with Crippen LogP contribution in [0.15, 0.2) is 79.1 Å². The normalized spacial score (nSPS) is 10.4. The largest absolute Gasteiger partial charge is 0.369 e. The van der Waals surface area contributed by atoms with E-state index in [2.05, 4.69) is 20.6 Å². The van der Waals surface area contributed by atoms with Crippen LogP contribution in [-0.4, -0.2) is 22.4 Å². The molecule has 2 N–H and O–H groups in total. The van der Waals surface area contributed by atoms with E-state index in [-0.39, 0.29) is 35.2 Å². The first-order chi connectivity index (χ1) is 17.0. The molecule has 2 heterocycles. The maximum atomic E-state index is 13.9. The van der Waals surface area contributed by atoms with E-state index >= 15 is 0 Å². The van der Waals surface area contributed by atoms with Crippen molar-refractivity contribution in [3.63, 3.8) is 0 Å². The van der Waals surface area contributed by atoms with Gasteiger partial charge >= 0.3 is 0 Å². The van der Waals surface area contributed by atoms with Gasteiger partial charge in [0.2, 0.25) is 0 Å². The molecule has 0 aliphatic heterocycles. The number of hydrogen-bond donors (Lipinski definition) is 2. The molecule has 0 saturated heterocycles. The highest BCUT2D eigenvalue weighted by atomic mass is 19.1. The van der Waals surface area contributed by atoms with E-state index in [0.717, 1.165) is 11.1 Å². The summed E-state index contributed by atoms with van der Waals surface area (Å²) in [5, 5.41) is 15.4. The van der Waals surface area contributed by atoms with E-state index < -0.39 is 5.82 Å². The van der Waals surface area contributed by atoms with E-state index in [9.17, 15) is 18.8 Å². The summed E-state index contributed by atoms with van der Waals surface area (Å²) in [6, 6.07) is 18.9. The topological polar surface area (TPSA) is 90.7 Å². The lowest BCUT2D eigenvalue weighted by Gasteiger charge is -2.14. The minimum Gasteiger partial charge on any atom is -0.369 e. The van der Waals surface area contributed by atoms with Crippen LogP contribution in [0.2, 0.25) is 0 Å². The van der Waals surface area contributed by atoms with Crippen LogP contribution in [0.5, 0.6) is 0 Å². The predicted molar refractivity (Wildman–Crippen MR) is 128 cm³/mol. The summed E-state index contributed by atoms with van der Waals surface area (Å²) in [6.45, 7) is 0.649. The van der Waals surface area contributed by atoms with Gasteiger partial charge in [0, 0.05) is 31.0 Å². The first kappa shape index (κ1) is 23.5. The Balaban J connectivity index is 1.61. The second-order valence-corrected chi connectivity index (χ2v) is 7.75. The summed E-state index contributed by atoms with van der Waals surface area (Å²) in [6.07, 6.45) is 3.80. The number of carbonyl (C=O) groups excluding carboxylic acids is 1. The molecule has 0 aliphatic rings. The van der Waals surface area contributed by atoms with Crippen LogP contribution >= 0.6 is 0 Å². The summed E-state index contributed by atoms with van der Waals surface area (Å²) in [4.78, 5) is 21.5. The van der Waals surface area contributed by atoms with Crippen molar-refractivity contribution in [1.29, 1.82) is 5.26 Å². The van der Waals surface area contributed by atoms with Crippen molar-refractivity contribution >= 4 is 11.7 Å². The van der Waals surface area contributed by atoms with Gasteiger partial charge in [0.15, 0.2) is 0 Å². The molecular formula is C27H21F2N5O. The van der Waals surface area contributed by atoms with Gasteiger partial charge in [0.25, 0.3) is 5.91 Å². The molecule has 1 amide bonds. The predicted octanol–water partition coefficient (Wildman–Crippen LogP) is 4.88. The average Bonchev–Trinajstić information content (AvgIpc) is 2.88. The molecule has 35 heavy (non-hydrogen) atoms. The number of carbonyl (C=O) groups is 1. The van der Waals surface area contributed by atoms with Crippen LogP contribution in [0, 0.1) is 23.0 Å². The Labute approximate surface area is 201 Å². The van der Waals surface area contributed by atoms with Gasteiger partial charge < -0.3 is 10.6 Å². The Bertz CT molecular complexity index is 1390. The van der Waals surface area contributed by atoms with E-state index in [1.165, 1.54) is 30.3 Å². The van der Waals surface area contributed by atoms with Crippen LogP contribution in [0.1, 0.15) is 27.0 Å². The van der Waals surface area contributed by atoms with E-state index in [1.54, 1.807) is 36.7 Å². The Hall–Kier alpha value is -4.64. The Morgan fingerprint density at radius 2 is 1.80 bits per heavy atom. The van der Waals surface area contributed by atoms with Crippen molar-refractivity contribution in [1.82, 2.24) is 15.3 Å². The molecule has 4 rings (SSSR count). The number of benzene rings is 2. The van der Waals surface area contributed by atoms with Gasteiger partial charge in [-0.3, -0.25) is 9.78 Å². The summed E-state index contributed by atoms with van der Waals surface area (Å²) < 4.78 is 27.4. The number of rotatable bonds is 8. The van der Waals surface area contributed by atoms with Crippen molar-refractivity contribution in [2.45, 2.75) is 13.0 Å². The molecule has 2 aromatic heterocycles. The number of aromatic nitrogens is 2. The van der Waals surface area contributed by atoms with Crippen molar-refractivity contribution in [2.24, 2.45) is 0 Å². The van der Waals surface area contributed by atoms with Crippen LogP contribution in [0.4, 0.5) is 14.6 Å². The SMILES string of the molecule is N#Cc1ccc(F)cc1-c1ccc(C(=O)NCc2cccnc2)c(NCCc2cccc(F)c2)n1. The van der Waals surface area contributed by atoms with E-state index in [4.69, 9.17) is 0 Å². The standard InChI is InChI=1S/C27H21F2N5O/c28-21-5-1-3-18(13-21)10-12-32-26-23(27(35)33-17-19-4-2-11-31-16-19)8-9-25(34-26)24-14-22(29)7-6-20(24)15-30/h1-9,11,13-14,16H,10,12,17H2,(H,32,34)(H,33,35). The van der Waals surface area contributed by atoms with Crippen molar-refractivity contribution in [3.05, 3.63) is 113 Å². The summed E-state index contributed by atoms with van der Waals surface area (Å²) in [5.74, 6) is -0.912. The molecule has 8 heteroatoms. The third-order valence-electron chi connectivity index (χ3n) is 5.29. The van der Waals surface area contributed by atoms with Crippen molar-refractivity contribution in [2.75, 3.05) is 11.9 Å². The number of nitrogens with one attached hydrogen (secondary N) is 2. The zero-order chi connectivity index (χ0) is 24.6. The molecule has 0 unspecified atom stereocenters. The lowest BCUT2D eigenvalue weighted by Crippen LogP contribution is -2.25. The molecule has 0 radical (unpaired) electrons. The van der Waals surface area contributed by atoms with Gasteiger partial charge in [-0.05, 0) is 66.1 Å². The van der Waals surface area contributed by atoms with Gasteiger partial charge in [-0.25, -0.2) is 13.8 Å². The molecule has 6 nitrogen and oxygen atoms in total. The smallest absolute Gasteiger partial charge is 0.255 e. The van der Waals surface area contributed by atoms with Gasteiger partial charge in [-0.1, -0.05) is 18.2 Å². The first-order valence-corrected chi connectivity index (χ1v) is 10.9. The number of pyridine rings is 2. The Morgan fingerprint density at radius 1 is 0.971 bits per heavy atom. The van der Waals surface area contributed by atoms with E-state index in [0.29, 0.717) is 24.2 Å². The molecule has 2 aromatic carbocycles. The first-order valence-electron chi connectivity index (χ1n) is 10.9. The third-order valence-corrected chi connectivity index (χ3v) is 5.29. The number of anilines is 1. The maximum Gasteiger partial charge on any atom is 0.255 e. The molecule has 4 aromatic rings. The summed E-state index contributed by atoms with van der Waals surface area (Å²) in [7, 11) is 0. The molecule has 0 spiro atoms. The zero-order valence-electron chi connectivity index (χ0n) is 18.6. The zero-order valence-corrected chi connectivity index (χ0v) is 18.6. The van der Waals surface area contributed by atoms with Crippen LogP contribution in [0.3, 0.4) is 0 Å². The molecule has 0 fully saturated rings. The monoisotopic (exact) mass is 469 g/mol. The third kappa shape index (κ3) is 6.03. The fourth-order valence-corrected chi connectivity index (χ4v) is 3.55. The van der Waals surface area contributed by atoms with Gasteiger partial charge in [0.1, 0.15) is 17.5 Å². The Morgan fingerprint density at radius 3 is 2.57 bits per heavy atom. The maximum absolute atomic E-state index is 13.9. The number of amides is 1. The lowest BCUT2D eigenvalue weighted by molar-refractivity contribution is 0.0951. The van der Waals surface area contributed by atoms with Gasteiger partial charge in [-0.2, -0.15) is 5.26 Å². The lowest BCUT2D eigenvalue weighted by atomic mass is 10.0. The molecule has 0 saturated carbocycles. The molecule has 0 aliphatic carbocycles. The highest BCUT2D eigenvalue weighted by molar-refractivity contribution is 5.99. The second kappa shape index (κ2) is 11.0. The Kier molecular flexibility index (Phi) is 7.38. The number of nitriles is 1. The number of nitrogens with zero attached hydrogens (tertiary/aromatic N) is 3. The van der Waals surface area contributed by atoms with Crippen molar-refractivity contribution in [3.8, 4) is 17.3 Å².